The fourth-order valence-electron chi connectivity index (χ4n) is 2.34. The number of halogens is 2. The first kappa shape index (κ1) is 19.0. The first-order valence-corrected chi connectivity index (χ1v) is 8.98. The second-order valence-corrected chi connectivity index (χ2v) is 7.37. The summed E-state index contributed by atoms with van der Waals surface area (Å²) in [6.45, 7) is 9.88. The van der Waals surface area contributed by atoms with Gasteiger partial charge in [0.15, 0.2) is 0 Å². The first-order chi connectivity index (χ1) is 9.93. The Morgan fingerprint density at radius 3 is 2.48 bits per heavy atom. The highest BCUT2D eigenvalue weighted by Gasteiger charge is 2.15. The van der Waals surface area contributed by atoms with Crippen molar-refractivity contribution in [1.29, 1.82) is 0 Å². The van der Waals surface area contributed by atoms with E-state index in [0.29, 0.717) is 6.04 Å². The number of benzene rings is 1. The number of hydrogen-bond donors (Lipinski definition) is 1. The van der Waals surface area contributed by atoms with Crippen LogP contribution in [0.2, 0.25) is 5.02 Å². The van der Waals surface area contributed by atoms with Gasteiger partial charge in [-0.15, -0.1) is 0 Å². The van der Waals surface area contributed by atoms with Crippen LogP contribution < -0.4 is 5.32 Å². The van der Waals surface area contributed by atoms with Crippen LogP contribution in [-0.4, -0.2) is 31.6 Å². The summed E-state index contributed by atoms with van der Waals surface area (Å²) >= 11 is 9.86. The molecule has 21 heavy (non-hydrogen) atoms. The van der Waals surface area contributed by atoms with E-state index in [4.69, 9.17) is 11.6 Å². The third kappa shape index (κ3) is 7.14. The third-order valence-electron chi connectivity index (χ3n) is 3.68. The summed E-state index contributed by atoms with van der Waals surface area (Å²) in [5.74, 6) is 0.762. The van der Waals surface area contributed by atoms with Crippen molar-refractivity contribution in [2.75, 3.05) is 26.7 Å². The van der Waals surface area contributed by atoms with Crippen LogP contribution in [0.1, 0.15) is 45.2 Å². The molecular weight excluding hydrogens is 348 g/mol. The van der Waals surface area contributed by atoms with Crippen LogP contribution in [0.3, 0.4) is 0 Å². The zero-order valence-corrected chi connectivity index (χ0v) is 16.0. The maximum Gasteiger partial charge on any atom is 0.0465 e. The normalized spacial score (nSPS) is 13.1. The summed E-state index contributed by atoms with van der Waals surface area (Å²) in [5.41, 5.74) is 1.19. The lowest BCUT2D eigenvalue weighted by Gasteiger charge is -2.24. The average molecular weight is 376 g/mol. The van der Waals surface area contributed by atoms with Gasteiger partial charge < -0.3 is 10.2 Å². The van der Waals surface area contributed by atoms with E-state index in [-0.39, 0.29) is 0 Å². The van der Waals surface area contributed by atoms with Crippen LogP contribution in [0.4, 0.5) is 0 Å². The molecule has 120 valence electrons. The Balaban J connectivity index is 2.61. The molecule has 1 aromatic rings. The lowest BCUT2D eigenvalue weighted by Crippen LogP contribution is -2.28. The second kappa shape index (κ2) is 9.83. The minimum atomic E-state index is 0.317. The van der Waals surface area contributed by atoms with Gasteiger partial charge in [-0.05, 0) is 63.1 Å². The molecule has 0 radical (unpaired) electrons. The zero-order chi connectivity index (χ0) is 15.8. The van der Waals surface area contributed by atoms with Gasteiger partial charge >= 0.3 is 0 Å². The molecular formula is C17H28BrClN2. The van der Waals surface area contributed by atoms with Crippen molar-refractivity contribution in [2.45, 2.75) is 39.7 Å². The van der Waals surface area contributed by atoms with Crippen molar-refractivity contribution in [1.82, 2.24) is 10.2 Å². The van der Waals surface area contributed by atoms with Crippen LogP contribution in [-0.2, 0) is 0 Å². The molecule has 0 aliphatic rings. The molecule has 0 saturated heterocycles. The summed E-state index contributed by atoms with van der Waals surface area (Å²) in [5, 5.41) is 4.39. The van der Waals surface area contributed by atoms with E-state index in [2.05, 4.69) is 66.1 Å². The molecule has 0 saturated carbocycles. The van der Waals surface area contributed by atoms with Crippen molar-refractivity contribution < 1.29 is 0 Å². The molecule has 4 heteroatoms. The fraction of sp³-hybridized carbons (Fsp3) is 0.647. The minimum Gasteiger partial charge on any atom is -0.310 e. The van der Waals surface area contributed by atoms with E-state index in [1.807, 2.05) is 6.07 Å². The van der Waals surface area contributed by atoms with Crippen molar-refractivity contribution in [3.63, 3.8) is 0 Å². The molecule has 1 atom stereocenters. The Labute approximate surface area is 143 Å². The van der Waals surface area contributed by atoms with Gasteiger partial charge in [-0.25, -0.2) is 0 Å². The number of rotatable bonds is 9. The maximum atomic E-state index is 6.39. The largest absolute Gasteiger partial charge is 0.310 e. The lowest BCUT2D eigenvalue weighted by molar-refractivity contribution is 0.290. The van der Waals surface area contributed by atoms with Gasteiger partial charge in [0.1, 0.15) is 0 Å². The molecule has 1 unspecified atom stereocenters. The molecule has 0 aliphatic heterocycles. The van der Waals surface area contributed by atoms with E-state index in [9.17, 15) is 0 Å². The Bertz CT molecular complexity index is 423. The molecule has 0 fully saturated rings. The van der Waals surface area contributed by atoms with Gasteiger partial charge in [-0.2, -0.15) is 0 Å². The average Bonchev–Trinajstić information content (AvgIpc) is 2.41. The van der Waals surface area contributed by atoms with Gasteiger partial charge in [0, 0.05) is 15.5 Å². The topological polar surface area (TPSA) is 15.3 Å². The summed E-state index contributed by atoms with van der Waals surface area (Å²) < 4.78 is 1.03. The molecule has 1 N–H and O–H groups in total. The van der Waals surface area contributed by atoms with Gasteiger partial charge in [0.25, 0.3) is 0 Å². The van der Waals surface area contributed by atoms with Crippen molar-refractivity contribution in [3.8, 4) is 0 Å². The predicted molar refractivity (Wildman–Crippen MR) is 97.1 cm³/mol. The zero-order valence-electron chi connectivity index (χ0n) is 13.6. The number of nitrogens with zero attached hydrogens (tertiary/aromatic N) is 1. The highest BCUT2D eigenvalue weighted by molar-refractivity contribution is 9.10. The summed E-state index contributed by atoms with van der Waals surface area (Å²) in [6, 6.07) is 6.48. The van der Waals surface area contributed by atoms with Gasteiger partial charge in [0.2, 0.25) is 0 Å². The Morgan fingerprint density at radius 1 is 1.24 bits per heavy atom. The van der Waals surface area contributed by atoms with E-state index in [1.165, 1.54) is 12.0 Å². The molecule has 0 amide bonds. The van der Waals surface area contributed by atoms with E-state index in [0.717, 1.165) is 41.5 Å². The molecule has 0 aliphatic carbocycles. The molecule has 0 spiro atoms. The van der Waals surface area contributed by atoms with Crippen molar-refractivity contribution >= 4 is 27.5 Å². The summed E-state index contributed by atoms with van der Waals surface area (Å²) in [6.07, 6.45) is 2.32. The monoisotopic (exact) mass is 374 g/mol. The summed E-state index contributed by atoms with van der Waals surface area (Å²) in [4.78, 5) is 2.41. The molecule has 0 bridgehead atoms. The quantitative estimate of drug-likeness (QED) is 0.644. The van der Waals surface area contributed by atoms with Crippen LogP contribution in [0, 0.1) is 5.92 Å². The molecule has 2 nitrogen and oxygen atoms in total. The first-order valence-electron chi connectivity index (χ1n) is 7.80. The lowest BCUT2D eigenvalue weighted by atomic mass is 10.0. The van der Waals surface area contributed by atoms with Gasteiger partial charge in [-0.3, -0.25) is 0 Å². The number of hydrogen-bond acceptors (Lipinski definition) is 2. The second-order valence-electron chi connectivity index (χ2n) is 6.05. The predicted octanol–water partition coefficient (Wildman–Crippen LogP) is 5.12. The van der Waals surface area contributed by atoms with Crippen LogP contribution in [0.5, 0.6) is 0 Å². The highest BCUT2D eigenvalue weighted by atomic mass is 79.9. The number of nitrogens with one attached hydrogen (secondary N) is 1. The van der Waals surface area contributed by atoms with E-state index < -0.39 is 0 Å². The molecule has 1 aromatic carbocycles. The molecule has 1 rings (SSSR count). The smallest absolute Gasteiger partial charge is 0.0465 e. The molecule has 0 heterocycles. The third-order valence-corrected chi connectivity index (χ3v) is 4.50. The van der Waals surface area contributed by atoms with Gasteiger partial charge in [0.05, 0.1) is 0 Å². The summed E-state index contributed by atoms with van der Waals surface area (Å²) in [7, 11) is 2.20. The van der Waals surface area contributed by atoms with Crippen molar-refractivity contribution in [2.24, 2.45) is 5.92 Å². The van der Waals surface area contributed by atoms with Gasteiger partial charge in [-0.1, -0.05) is 54.4 Å². The highest BCUT2D eigenvalue weighted by Crippen LogP contribution is 2.28. The minimum absolute atomic E-state index is 0.317. The fourth-order valence-corrected chi connectivity index (χ4v) is 3.14. The Hall–Kier alpha value is -0.0900. The SMILES string of the molecule is CCNC(CCN(C)CCC(C)C)c1ccc(Br)cc1Cl. The Kier molecular flexibility index (Phi) is 8.88. The van der Waals surface area contributed by atoms with Crippen LogP contribution in [0.15, 0.2) is 22.7 Å². The maximum absolute atomic E-state index is 6.39. The van der Waals surface area contributed by atoms with Crippen LogP contribution >= 0.6 is 27.5 Å². The van der Waals surface area contributed by atoms with Crippen LogP contribution in [0.25, 0.3) is 0 Å². The Morgan fingerprint density at radius 2 is 1.90 bits per heavy atom. The van der Waals surface area contributed by atoms with E-state index >= 15 is 0 Å². The molecule has 0 aromatic heterocycles. The van der Waals surface area contributed by atoms with E-state index in [1.54, 1.807) is 0 Å². The van der Waals surface area contributed by atoms with Crippen molar-refractivity contribution in [3.05, 3.63) is 33.3 Å². The standard InChI is InChI=1S/C17H28BrClN2/c1-5-20-17(9-11-21(4)10-8-13(2)3)15-7-6-14(18)12-16(15)19/h6-7,12-13,17,20H,5,8-11H2,1-4H3.